The maximum Gasteiger partial charge on any atom is 0.311 e. The van der Waals surface area contributed by atoms with Crippen LogP contribution in [0.1, 0.15) is 31.7 Å². The first-order valence-corrected chi connectivity index (χ1v) is 8.14. The highest BCUT2D eigenvalue weighted by atomic mass is 16.5. The van der Waals surface area contributed by atoms with Gasteiger partial charge in [0.15, 0.2) is 0 Å². The van der Waals surface area contributed by atoms with Crippen molar-refractivity contribution in [1.82, 2.24) is 4.90 Å². The number of carboxylic acid groups (broad SMARTS) is 1. The van der Waals surface area contributed by atoms with Crippen molar-refractivity contribution in [3.05, 3.63) is 35.9 Å². The number of nitrogens with zero attached hydrogens (tertiary/aromatic N) is 1. The van der Waals surface area contributed by atoms with Crippen molar-refractivity contribution in [2.24, 2.45) is 5.41 Å². The minimum absolute atomic E-state index is 0.0528. The van der Waals surface area contributed by atoms with Crippen LogP contribution >= 0.6 is 0 Å². The maximum atomic E-state index is 13.3. The van der Waals surface area contributed by atoms with E-state index in [1.807, 2.05) is 30.3 Å². The summed E-state index contributed by atoms with van der Waals surface area (Å²) in [6.45, 7) is 3.64. The molecule has 0 spiro atoms. The molecule has 0 radical (unpaired) electrons. The highest BCUT2D eigenvalue weighted by molar-refractivity contribution is 5.89. The summed E-state index contributed by atoms with van der Waals surface area (Å²) in [7, 11) is 0. The van der Waals surface area contributed by atoms with Gasteiger partial charge in [-0.2, -0.15) is 0 Å². The second kappa shape index (κ2) is 5.96. The van der Waals surface area contributed by atoms with Gasteiger partial charge in [-0.15, -0.1) is 0 Å². The quantitative estimate of drug-likeness (QED) is 0.926. The number of rotatable bonds is 3. The van der Waals surface area contributed by atoms with E-state index in [4.69, 9.17) is 4.74 Å². The number of aliphatic carboxylic acids is 1. The van der Waals surface area contributed by atoms with E-state index < -0.39 is 16.8 Å². The molecule has 2 fully saturated rings. The molecular formula is C18H23NO4. The maximum absolute atomic E-state index is 13.3. The molecule has 2 heterocycles. The van der Waals surface area contributed by atoms with Crippen LogP contribution < -0.4 is 0 Å². The van der Waals surface area contributed by atoms with Gasteiger partial charge in [0, 0.05) is 26.3 Å². The zero-order valence-electron chi connectivity index (χ0n) is 13.5. The summed E-state index contributed by atoms with van der Waals surface area (Å²) in [6.07, 6.45) is 1.81. The topological polar surface area (TPSA) is 66.8 Å². The number of likely N-dealkylation sites (tertiary alicyclic amines) is 1. The van der Waals surface area contributed by atoms with E-state index in [0.717, 1.165) is 5.56 Å². The lowest BCUT2D eigenvalue weighted by atomic mass is 9.73. The van der Waals surface area contributed by atoms with Crippen molar-refractivity contribution in [2.75, 3.05) is 26.3 Å². The van der Waals surface area contributed by atoms with E-state index in [9.17, 15) is 14.7 Å². The molecular weight excluding hydrogens is 294 g/mol. The number of amides is 1. The SMILES string of the molecule is CC1(C(=O)O)CCN(C(=O)C2(c3ccccc3)CCOCC2)C1. The van der Waals surface area contributed by atoms with Gasteiger partial charge in [-0.1, -0.05) is 30.3 Å². The van der Waals surface area contributed by atoms with E-state index in [2.05, 4.69) is 0 Å². The van der Waals surface area contributed by atoms with E-state index in [1.54, 1.807) is 11.8 Å². The third kappa shape index (κ3) is 2.74. The predicted molar refractivity (Wildman–Crippen MR) is 85.1 cm³/mol. The predicted octanol–water partition coefficient (Wildman–Crippen LogP) is 2.06. The van der Waals surface area contributed by atoms with Crippen LogP contribution in [-0.2, 0) is 19.7 Å². The molecule has 5 nitrogen and oxygen atoms in total. The average molecular weight is 317 g/mol. The van der Waals surface area contributed by atoms with Gasteiger partial charge < -0.3 is 14.7 Å². The third-order valence-electron chi connectivity index (χ3n) is 5.36. The van der Waals surface area contributed by atoms with Crippen LogP contribution in [-0.4, -0.2) is 48.2 Å². The van der Waals surface area contributed by atoms with Gasteiger partial charge in [-0.05, 0) is 31.7 Å². The van der Waals surface area contributed by atoms with Gasteiger partial charge >= 0.3 is 5.97 Å². The van der Waals surface area contributed by atoms with Crippen LogP contribution in [0.15, 0.2) is 30.3 Å². The Hall–Kier alpha value is -1.88. The fourth-order valence-electron chi connectivity index (χ4n) is 3.71. The average Bonchev–Trinajstić information content (AvgIpc) is 2.99. The monoisotopic (exact) mass is 317 g/mol. The van der Waals surface area contributed by atoms with Crippen LogP contribution in [0.4, 0.5) is 0 Å². The highest BCUT2D eigenvalue weighted by Gasteiger charge is 2.49. The van der Waals surface area contributed by atoms with E-state index in [0.29, 0.717) is 39.0 Å². The molecule has 1 aromatic rings. The summed E-state index contributed by atoms with van der Waals surface area (Å²) in [6, 6.07) is 9.83. The van der Waals surface area contributed by atoms with Crippen molar-refractivity contribution in [2.45, 2.75) is 31.6 Å². The smallest absolute Gasteiger partial charge is 0.311 e. The zero-order chi connectivity index (χ0) is 16.5. The van der Waals surface area contributed by atoms with E-state index in [1.165, 1.54) is 0 Å². The first-order chi connectivity index (χ1) is 11.0. The molecule has 0 aromatic heterocycles. The highest BCUT2D eigenvalue weighted by Crippen LogP contribution is 2.40. The summed E-state index contributed by atoms with van der Waals surface area (Å²) in [5, 5.41) is 9.41. The molecule has 23 heavy (non-hydrogen) atoms. The van der Waals surface area contributed by atoms with Crippen molar-refractivity contribution in [3.8, 4) is 0 Å². The summed E-state index contributed by atoms with van der Waals surface area (Å²) < 4.78 is 5.47. The molecule has 0 aliphatic carbocycles. The molecule has 1 aromatic carbocycles. The number of ether oxygens (including phenoxy) is 1. The normalized spacial score (nSPS) is 26.9. The molecule has 2 aliphatic heterocycles. The summed E-state index contributed by atoms with van der Waals surface area (Å²) in [4.78, 5) is 26.5. The van der Waals surface area contributed by atoms with Crippen molar-refractivity contribution < 1.29 is 19.4 Å². The second-order valence-electron chi connectivity index (χ2n) is 6.90. The summed E-state index contributed by atoms with van der Waals surface area (Å²) in [5.74, 6) is -0.773. The number of carbonyl (C=O) groups excluding carboxylic acids is 1. The Kier molecular flexibility index (Phi) is 4.15. The Bertz CT molecular complexity index is 594. The third-order valence-corrected chi connectivity index (χ3v) is 5.36. The summed E-state index contributed by atoms with van der Waals surface area (Å²) in [5.41, 5.74) is -0.403. The van der Waals surface area contributed by atoms with Crippen LogP contribution in [0.2, 0.25) is 0 Å². The Morgan fingerprint density at radius 3 is 2.35 bits per heavy atom. The van der Waals surface area contributed by atoms with Gasteiger partial charge in [0.1, 0.15) is 0 Å². The number of benzene rings is 1. The minimum Gasteiger partial charge on any atom is -0.481 e. The van der Waals surface area contributed by atoms with Gasteiger partial charge in [0.2, 0.25) is 5.91 Å². The molecule has 124 valence electrons. The molecule has 0 saturated carbocycles. The molecule has 0 bridgehead atoms. The molecule has 2 aliphatic rings. The first kappa shape index (κ1) is 16.0. The van der Waals surface area contributed by atoms with Crippen molar-refractivity contribution >= 4 is 11.9 Å². The van der Waals surface area contributed by atoms with Gasteiger partial charge in [-0.25, -0.2) is 0 Å². The standard InChI is InChI=1S/C18H23NO4/c1-17(16(21)22)7-10-19(13-17)15(20)18(8-11-23-12-9-18)14-5-3-2-4-6-14/h2-6H,7-13H2,1H3,(H,21,22). The number of carbonyl (C=O) groups is 2. The van der Waals surface area contributed by atoms with E-state index >= 15 is 0 Å². The first-order valence-electron chi connectivity index (χ1n) is 8.14. The Morgan fingerprint density at radius 1 is 1.13 bits per heavy atom. The number of hydrogen-bond donors (Lipinski definition) is 1. The fraction of sp³-hybridized carbons (Fsp3) is 0.556. The lowest BCUT2D eigenvalue weighted by Gasteiger charge is -2.39. The zero-order valence-corrected chi connectivity index (χ0v) is 13.5. The van der Waals surface area contributed by atoms with Gasteiger partial charge in [0.05, 0.1) is 10.8 Å². The summed E-state index contributed by atoms with van der Waals surface area (Å²) >= 11 is 0. The lowest BCUT2D eigenvalue weighted by molar-refractivity contribution is -0.148. The number of hydrogen-bond acceptors (Lipinski definition) is 3. The van der Waals surface area contributed by atoms with Gasteiger partial charge in [-0.3, -0.25) is 9.59 Å². The Morgan fingerprint density at radius 2 is 1.78 bits per heavy atom. The Labute approximate surface area is 136 Å². The molecule has 1 N–H and O–H groups in total. The molecule has 1 amide bonds. The largest absolute Gasteiger partial charge is 0.481 e. The minimum atomic E-state index is -0.835. The molecule has 1 unspecified atom stereocenters. The van der Waals surface area contributed by atoms with Crippen molar-refractivity contribution in [3.63, 3.8) is 0 Å². The van der Waals surface area contributed by atoms with Crippen LogP contribution in [0, 0.1) is 5.41 Å². The van der Waals surface area contributed by atoms with Crippen molar-refractivity contribution in [1.29, 1.82) is 0 Å². The second-order valence-corrected chi connectivity index (χ2v) is 6.90. The van der Waals surface area contributed by atoms with Crippen LogP contribution in [0.3, 0.4) is 0 Å². The molecule has 5 heteroatoms. The molecule has 1 atom stereocenters. The lowest BCUT2D eigenvalue weighted by Crippen LogP contribution is -2.50. The van der Waals surface area contributed by atoms with Gasteiger partial charge in [0.25, 0.3) is 0 Å². The van der Waals surface area contributed by atoms with Crippen LogP contribution in [0.5, 0.6) is 0 Å². The molecule has 3 rings (SSSR count). The Balaban J connectivity index is 1.89. The molecule has 2 saturated heterocycles. The fourth-order valence-corrected chi connectivity index (χ4v) is 3.71. The van der Waals surface area contributed by atoms with E-state index in [-0.39, 0.29) is 12.5 Å². The van der Waals surface area contributed by atoms with Crippen LogP contribution in [0.25, 0.3) is 0 Å². The number of carboxylic acids is 1.